The minimum atomic E-state index is -0.842. The Hall–Kier alpha value is -1.55. The second-order valence-corrected chi connectivity index (χ2v) is 5.00. The summed E-state index contributed by atoms with van der Waals surface area (Å²) in [7, 11) is 1.52. The molecular weight excluding hydrogens is 242 g/mol. The van der Waals surface area contributed by atoms with Crippen LogP contribution in [0.5, 0.6) is 5.75 Å². The second kappa shape index (κ2) is 6.57. The lowest BCUT2D eigenvalue weighted by Gasteiger charge is -2.22. The number of rotatable bonds is 6. The van der Waals surface area contributed by atoms with Crippen molar-refractivity contribution in [2.45, 2.75) is 39.7 Å². The molecule has 0 unspecified atom stereocenters. The summed E-state index contributed by atoms with van der Waals surface area (Å²) in [5.41, 5.74) is 0.906. The van der Waals surface area contributed by atoms with Crippen molar-refractivity contribution in [1.29, 1.82) is 0 Å². The monoisotopic (exact) mass is 265 g/mol. The van der Waals surface area contributed by atoms with E-state index in [4.69, 9.17) is 9.47 Å². The highest BCUT2D eigenvalue weighted by molar-refractivity contribution is 5.96. The Bertz CT molecular complexity index is 441. The zero-order chi connectivity index (χ0) is 14.5. The zero-order valence-electron chi connectivity index (χ0n) is 12.4. The summed E-state index contributed by atoms with van der Waals surface area (Å²) in [5, 5.41) is 2.84. The first-order valence-corrected chi connectivity index (χ1v) is 6.50. The number of nitrogens with one attached hydrogen (secondary N) is 1. The largest absolute Gasteiger partial charge is 0.493 e. The van der Waals surface area contributed by atoms with Gasteiger partial charge in [0.25, 0.3) is 5.91 Å². The van der Waals surface area contributed by atoms with Crippen molar-refractivity contribution in [3.63, 3.8) is 0 Å². The van der Waals surface area contributed by atoms with Gasteiger partial charge in [-0.25, -0.2) is 0 Å². The van der Waals surface area contributed by atoms with Crippen molar-refractivity contribution in [3.8, 4) is 5.75 Å². The molecule has 0 atom stereocenters. The maximum absolute atomic E-state index is 12.0. The molecule has 0 aliphatic heterocycles. The first kappa shape index (κ1) is 15.5. The molecule has 1 aromatic rings. The van der Waals surface area contributed by atoms with Crippen molar-refractivity contribution in [1.82, 2.24) is 0 Å². The van der Waals surface area contributed by atoms with Gasteiger partial charge in [0.15, 0.2) is 0 Å². The molecule has 0 bridgehead atoms. The molecule has 1 aromatic carbocycles. The van der Waals surface area contributed by atoms with Crippen molar-refractivity contribution in [2.75, 3.05) is 19.0 Å². The Morgan fingerprint density at radius 1 is 1.37 bits per heavy atom. The van der Waals surface area contributed by atoms with Gasteiger partial charge in [0.05, 0.1) is 6.61 Å². The third-order valence-electron chi connectivity index (χ3n) is 2.95. The minimum absolute atomic E-state index is 0.170. The molecule has 0 aromatic heterocycles. The number of carbonyl (C=O) groups is 1. The fourth-order valence-electron chi connectivity index (χ4n) is 1.48. The van der Waals surface area contributed by atoms with E-state index in [-0.39, 0.29) is 5.91 Å². The van der Waals surface area contributed by atoms with Crippen LogP contribution in [0.4, 0.5) is 5.69 Å². The molecule has 4 nitrogen and oxygen atoms in total. The highest BCUT2D eigenvalue weighted by Crippen LogP contribution is 2.23. The molecule has 0 radical (unpaired) electrons. The molecule has 0 aliphatic carbocycles. The van der Waals surface area contributed by atoms with Crippen LogP contribution in [0.15, 0.2) is 18.2 Å². The fraction of sp³-hybridized carbons (Fsp3) is 0.533. The van der Waals surface area contributed by atoms with E-state index >= 15 is 0 Å². The van der Waals surface area contributed by atoms with E-state index in [0.717, 1.165) is 23.4 Å². The fourth-order valence-corrected chi connectivity index (χ4v) is 1.48. The van der Waals surface area contributed by atoms with Gasteiger partial charge in [-0.2, -0.15) is 0 Å². The molecule has 1 rings (SSSR count). The van der Waals surface area contributed by atoms with Crippen LogP contribution < -0.4 is 10.1 Å². The van der Waals surface area contributed by atoms with Gasteiger partial charge in [-0.05, 0) is 51.0 Å². The molecule has 4 heteroatoms. The van der Waals surface area contributed by atoms with E-state index in [9.17, 15) is 4.79 Å². The quantitative estimate of drug-likeness (QED) is 0.859. The molecule has 0 fully saturated rings. The lowest BCUT2D eigenvalue weighted by molar-refractivity contribution is -0.133. The number of anilines is 1. The smallest absolute Gasteiger partial charge is 0.256 e. The third kappa shape index (κ3) is 4.24. The average Bonchev–Trinajstić information content (AvgIpc) is 2.37. The Morgan fingerprint density at radius 3 is 2.58 bits per heavy atom. The molecule has 0 heterocycles. The highest BCUT2D eigenvalue weighted by atomic mass is 16.5. The molecule has 106 valence electrons. The van der Waals surface area contributed by atoms with Gasteiger partial charge >= 0.3 is 0 Å². The van der Waals surface area contributed by atoms with Gasteiger partial charge in [-0.1, -0.05) is 6.92 Å². The Morgan fingerprint density at radius 2 is 2.05 bits per heavy atom. The molecular formula is C15H23NO3. The molecule has 0 spiro atoms. The van der Waals surface area contributed by atoms with Gasteiger partial charge in [-0.15, -0.1) is 0 Å². The lowest BCUT2D eigenvalue weighted by Crippen LogP contribution is -2.38. The van der Waals surface area contributed by atoms with E-state index in [1.807, 2.05) is 25.1 Å². The van der Waals surface area contributed by atoms with Crippen LogP contribution in [0, 0.1) is 6.92 Å². The Kier molecular flexibility index (Phi) is 5.36. The average molecular weight is 265 g/mol. The third-order valence-corrected chi connectivity index (χ3v) is 2.95. The van der Waals surface area contributed by atoms with E-state index in [2.05, 4.69) is 12.2 Å². The van der Waals surface area contributed by atoms with Crippen molar-refractivity contribution < 1.29 is 14.3 Å². The van der Waals surface area contributed by atoms with E-state index in [0.29, 0.717) is 6.61 Å². The maximum Gasteiger partial charge on any atom is 0.256 e. The zero-order valence-corrected chi connectivity index (χ0v) is 12.4. The molecule has 19 heavy (non-hydrogen) atoms. The lowest BCUT2D eigenvalue weighted by atomic mass is 10.1. The Labute approximate surface area is 115 Å². The van der Waals surface area contributed by atoms with Crippen LogP contribution in [0.3, 0.4) is 0 Å². The van der Waals surface area contributed by atoms with Crippen molar-refractivity contribution in [3.05, 3.63) is 23.8 Å². The molecule has 0 saturated carbocycles. The summed E-state index contributed by atoms with van der Waals surface area (Å²) in [4.78, 5) is 12.0. The predicted molar refractivity (Wildman–Crippen MR) is 76.7 cm³/mol. The Balaban J connectivity index is 2.76. The van der Waals surface area contributed by atoms with Gasteiger partial charge < -0.3 is 14.8 Å². The van der Waals surface area contributed by atoms with Gasteiger partial charge in [0.1, 0.15) is 11.4 Å². The summed E-state index contributed by atoms with van der Waals surface area (Å²) in [5.74, 6) is 0.683. The highest BCUT2D eigenvalue weighted by Gasteiger charge is 2.26. The van der Waals surface area contributed by atoms with E-state index < -0.39 is 5.60 Å². The van der Waals surface area contributed by atoms with Crippen LogP contribution in [-0.4, -0.2) is 25.2 Å². The van der Waals surface area contributed by atoms with Gasteiger partial charge in [-0.3, -0.25) is 4.79 Å². The summed E-state index contributed by atoms with van der Waals surface area (Å²) < 4.78 is 10.7. The number of carbonyl (C=O) groups excluding carboxylic acids is 1. The van der Waals surface area contributed by atoms with Crippen LogP contribution >= 0.6 is 0 Å². The van der Waals surface area contributed by atoms with Crippen LogP contribution in [-0.2, 0) is 9.53 Å². The summed E-state index contributed by atoms with van der Waals surface area (Å²) in [6.45, 7) is 8.18. The molecule has 1 amide bonds. The van der Waals surface area contributed by atoms with Crippen LogP contribution in [0.2, 0.25) is 0 Å². The van der Waals surface area contributed by atoms with E-state index in [1.165, 1.54) is 7.11 Å². The number of hydrogen-bond donors (Lipinski definition) is 1. The topological polar surface area (TPSA) is 47.6 Å². The maximum atomic E-state index is 12.0. The molecule has 1 N–H and O–H groups in total. The van der Waals surface area contributed by atoms with Crippen molar-refractivity contribution >= 4 is 11.6 Å². The van der Waals surface area contributed by atoms with Gasteiger partial charge in [0, 0.05) is 12.8 Å². The molecule has 0 saturated heterocycles. The normalized spacial score (nSPS) is 11.2. The summed E-state index contributed by atoms with van der Waals surface area (Å²) in [6, 6.07) is 5.61. The van der Waals surface area contributed by atoms with Crippen LogP contribution in [0.25, 0.3) is 0 Å². The number of hydrogen-bond acceptors (Lipinski definition) is 3. The summed E-state index contributed by atoms with van der Waals surface area (Å²) >= 11 is 0. The summed E-state index contributed by atoms with van der Waals surface area (Å²) in [6.07, 6.45) is 0.972. The van der Waals surface area contributed by atoms with Gasteiger partial charge in [0.2, 0.25) is 0 Å². The second-order valence-electron chi connectivity index (χ2n) is 5.00. The first-order valence-electron chi connectivity index (χ1n) is 6.50. The number of ether oxygens (including phenoxy) is 2. The predicted octanol–water partition coefficient (Wildman–Crippen LogP) is 3.15. The van der Waals surface area contributed by atoms with Crippen LogP contribution in [0.1, 0.15) is 32.8 Å². The number of aryl methyl sites for hydroxylation is 1. The standard InChI is InChI=1S/C15H23NO3/c1-6-9-19-13-8-7-12(10-11(13)2)16-14(17)15(3,4)18-5/h7-8,10H,6,9H2,1-5H3,(H,16,17). The number of methoxy groups -OCH3 is 1. The number of benzene rings is 1. The first-order chi connectivity index (χ1) is 8.90. The molecule has 0 aliphatic rings. The number of amides is 1. The SMILES string of the molecule is CCCOc1ccc(NC(=O)C(C)(C)OC)cc1C. The van der Waals surface area contributed by atoms with Crippen molar-refractivity contribution in [2.24, 2.45) is 0 Å². The van der Waals surface area contributed by atoms with E-state index in [1.54, 1.807) is 13.8 Å². The minimum Gasteiger partial charge on any atom is -0.493 e.